The van der Waals surface area contributed by atoms with E-state index in [0.717, 1.165) is 116 Å². The van der Waals surface area contributed by atoms with E-state index in [1.54, 1.807) is 0 Å². The van der Waals surface area contributed by atoms with E-state index in [0.29, 0.717) is 6.42 Å². The normalized spacial score (nSPS) is 34.0. The molecule has 3 saturated heterocycles. The molecule has 1 aromatic rings. The molecule has 224 valence electrons. The van der Waals surface area contributed by atoms with Crippen molar-refractivity contribution in [2.24, 2.45) is 11.8 Å². The van der Waals surface area contributed by atoms with Gasteiger partial charge in [-0.15, -0.1) is 0 Å². The molecule has 1 aliphatic carbocycles. The van der Waals surface area contributed by atoms with E-state index in [4.69, 9.17) is 28.4 Å². The number of aryl methyl sites for hydroxylation is 1. The fraction of sp³-hybridized carbons (Fsp3) is 0.788. The minimum absolute atomic E-state index is 0.00217. The Morgan fingerprint density at radius 1 is 0.750 bits per heavy atom. The fourth-order valence-corrected chi connectivity index (χ4v) is 6.97. The molecule has 4 aliphatic rings. The Hall–Kier alpha value is -1.35. The van der Waals surface area contributed by atoms with Crippen LogP contribution in [0.3, 0.4) is 0 Å². The van der Waals surface area contributed by atoms with Crippen LogP contribution in [0.4, 0.5) is 0 Å². The van der Waals surface area contributed by atoms with Gasteiger partial charge in [-0.05, 0) is 101 Å². The highest BCUT2D eigenvalue weighted by molar-refractivity contribution is 5.50. The van der Waals surface area contributed by atoms with Gasteiger partial charge < -0.3 is 33.2 Å². The average molecular weight is 559 g/mol. The van der Waals surface area contributed by atoms with Crippen molar-refractivity contribution in [2.75, 3.05) is 19.8 Å². The van der Waals surface area contributed by atoms with Crippen molar-refractivity contribution >= 4 is 6.29 Å². The van der Waals surface area contributed by atoms with Gasteiger partial charge in [0.05, 0.1) is 18.3 Å². The predicted molar refractivity (Wildman–Crippen MR) is 152 cm³/mol. The van der Waals surface area contributed by atoms with Gasteiger partial charge in [-0.2, -0.15) is 0 Å². The smallest absolute Gasteiger partial charge is 0.157 e. The second-order valence-corrected chi connectivity index (χ2v) is 12.1. The number of benzene rings is 1. The molecule has 3 aliphatic heterocycles. The van der Waals surface area contributed by atoms with Crippen LogP contribution in [0, 0.1) is 11.8 Å². The summed E-state index contributed by atoms with van der Waals surface area (Å²) >= 11 is 0. The molecule has 0 N–H and O–H groups in total. The van der Waals surface area contributed by atoms with Crippen molar-refractivity contribution in [1.29, 1.82) is 0 Å². The van der Waals surface area contributed by atoms with Crippen molar-refractivity contribution in [3.05, 3.63) is 35.9 Å². The van der Waals surface area contributed by atoms with Crippen LogP contribution in [0.2, 0.25) is 0 Å². The summed E-state index contributed by atoms with van der Waals surface area (Å²) in [6.45, 7) is 2.28. The Bertz CT molecular complexity index is 832. The Morgan fingerprint density at radius 2 is 1.35 bits per heavy atom. The molecule has 3 heterocycles. The number of ether oxygens (including phenoxy) is 6. The second-order valence-electron chi connectivity index (χ2n) is 12.1. The first-order chi connectivity index (χ1) is 19.8. The molecule has 4 unspecified atom stereocenters. The van der Waals surface area contributed by atoms with Crippen molar-refractivity contribution in [1.82, 2.24) is 0 Å². The minimum atomic E-state index is -0.177. The molecule has 0 aromatic heterocycles. The summed E-state index contributed by atoms with van der Waals surface area (Å²) in [7, 11) is 0. The molecule has 0 amide bonds. The first-order valence-electron chi connectivity index (χ1n) is 16.1. The molecule has 1 saturated carbocycles. The summed E-state index contributed by atoms with van der Waals surface area (Å²) in [6.07, 6.45) is 15.2. The highest BCUT2D eigenvalue weighted by atomic mass is 16.7. The monoisotopic (exact) mass is 558 g/mol. The quantitative estimate of drug-likeness (QED) is 0.246. The van der Waals surface area contributed by atoms with Gasteiger partial charge in [-0.1, -0.05) is 30.3 Å². The van der Waals surface area contributed by atoms with Crippen LogP contribution >= 0.6 is 0 Å². The summed E-state index contributed by atoms with van der Waals surface area (Å²) < 4.78 is 37.7. The van der Waals surface area contributed by atoms with Gasteiger partial charge >= 0.3 is 0 Å². The maximum atomic E-state index is 11.9. The van der Waals surface area contributed by atoms with Gasteiger partial charge in [0.2, 0.25) is 0 Å². The van der Waals surface area contributed by atoms with Crippen molar-refractivity contribution in [3.8, 4) is 0 Å². The molecule has 0 spiro atoms. The minimum Gasteiger partial charge on any atom is -0.353 e. The van der Waals surface area contributed by atoms with Crippen LogP contribution in [0.25, 0.3) is 0 Å². The fourth-order valence-electron chi connectivity index (χ4n) is 6.97. The highest BCUT2D eigenvalue weighted by Crippen LogP contribution is 2.43. The van der Waals surface area contributed by atoms with Crippen LogP contribution in [-0.2, 0) is 39.6 Å². The molecule has 7 heteroatoms. The number of hydrogen-bond acceptors (Lipinski definition) is 7. The zero-order chi connectivity index (χ0) is 27.4. The number of carbonyl (C=O) groups excluding carboxylic acids is 1. The van der Waals surface area contributed by atoms with Gasteiger partial charge in [0.15, 0.2) is 18.9 Å². The lowest BCUT2D eigenvalue weighted by atomic mass is 9.86. The number of carbonyl (C=O) groups is 1. The number of hydrogen-bond donors (Lipinski definition) is 0. The molecule has 40 heavy (non-hydrogen) atoms. The molecule has 4 fully saturated rings. The van der Waals surface area contributed by atoms with Crippen molar-refractivity contribution in [2.45, 2.75) is 133 Å². The Balaban J connectivity index is 1.27. The molecule has 7 nitrogen and oxygen atoms in total. The topological polar surface area (TPSA) is 72.5 Å². The molecule has 0 radical (unpaired) electrons. The van der Waals surface area contributed by atoms with Crippen LogP contribution in [0.15, 0.2) is 30.3 Å². The van der Waals surface area contributed by atoms with Crippen molar-refractivity contribution in [3.63, 3.8) is 0 Å². The first kappa shape index (κ1) is 30.1. The lowest BCUT2D eigenvalue weighted by molar-refractivity contribution is -0.205. The first-order valence-corrected chi connectivity index (χ1v) is 16.1. The van der Waals surface area contributed by atoms with E-state index in [1.165, 1.54) is 5.56 Å². The summed E-state index contributed by atoms with van der Waals surface area (Å²) in [4.78, 5) is 11.9. The maximum absolute atomic E-state index is 11.9. The molecular formula is C33H50O7. The zero-order valence-electron chi connectivity index (χ0n) is 24.2. The standard InChI is InChI=1S/C33H50O7/c34-20-19-28-27(18-17-26(38-31-12-4-7-21-35-31)16-15-25-10-2-1-3-11-25)29(39-32-13-5-8-22-36-32)24-30(28)40-33-14-6-9-23-37-33/h1-3,10-11,20,26-33H,4-9,12-19,21-24H2/t26-,27+,28+,29-,30?,31?,32?,33?/m0/s1. The summed E-state index contributed by atoms with van der Waals surface area (Å²) in [5, 5.41) is 0. The number of rotatable bonds is 14. The second kappa shape index (κ2) is 16.3. The summed E-state index contributed by atoms with van der Waals surface area (Å²) in [6, 6.07) is 10.6. The van der Waals surface area contributed by atoms with E-state index < -0.39 is 0 Å². The Morgan fingerprint density at radius 3 is 1.93 bits per heavy atom. The number of aldehydes is 1. The largest absolute Gasteiger partial charge is 0.353 e. The SMILES string of the molecule is O=CC[C@H]1C(OC2CCCCO2)C[C@H](OC2CCCCO2)[C@@H]1CC[C@H](CCc1ccccc1)OC1CCCCO1. The van der Waals surface area contributed by atoms with Crippen LogP contribution in [0.5, 0.6) is 0 Å². The third-order valence-electron chi connectivity index (χ3n) is 9.17. The summed E-state index contributed by atoms with van der Waals surface area (Å²) in [5.74, 6) is 0.316. The third-order valence-corrected chi connectivity index (χ3v) is 9.17. The van der Waals surface area contributed by atoms with Gasteiger partial charge in [-0.3, -0.25) is 0 Å². The van der Waals surface area contributed by atoms with E-state index in [2.05, 4.69) is 30.3 Å². The van der Waals surface area contributed by atoms with Gasteiger partial charge in [0.1, 0.15) is 6.29 Å². The average Bonchev–Trinajstić information content (AvgIpc) is 3.31. The van der Waals surface area contributed by atoms with Crippen LogP contribution in [-0.4, -0.2) is 63.3 Å². The van der Waals surface area contributed by atoms with E-state index in [1.807, 2.05) is 0 Å². The van der Waals surface area contributed by atoms with Gasteiger partial charge in [0, 0.05) is 32.7 Å². The van der Waals surface area contributed by atoms with Crippen LogP contribution in [0.1, 0.15) is 95.5 Å². The highest BCUT2D eigenvalue weighted by Gasteiger charge is 2.46. The van der Waals surface area contributed by atoms with Crippen molar-refractivity contribution < 1.29 is 33.2 Å². The molecule has 0 bridgehead atoms. The maximum Gasteiger partial charge on any atom is 0.157 e. The Kier molecular flexibility index (Phi) is 12.3. The van der Waals surface area contributed by atoms with Crippen LogP contribution < -0.4 is 0 Å². The van der Waals surface area contributed by atoms with E-state index in [9.17, 15) is 4.79 Å². The molecule has 5 rings (SSSR count). The van der Waals surface area contributed by atoms with E-state index in [-0.39, 0.29) is 49.0 Å². The Labute approximate surface area is 240 Å². The predicted octanol–water partition coefficient (Wildman–Crippen LogP) is 6.36. The summed E-state index contributed by atoms with van der Waals surface area (Å²) in [5.41, 5.74) is 1.33. The van der Waals surface area contributed by atoms with E-state index >= 15 is 0 Å². The van der Waals surface area contributed by atoms with Gasteiger partial charge in [0.25, 0.3) is 0 Å². The van der Waals surface area contributed by atoms with Gasteiger partial charge in [-0.25, -0.2) is 0 Å². The molecule has 8 atom stereocenters. The zero-order valence-corrected chi connectivity index (χ0v) is 24.2. The lowest BCUT2D eigenvalue weighted by Gasteiger charge is -2.32. The lowest BCUT2D eigenvalue weighted by Crippen LogP contribution is -2.33. The molecular weight excluding hydrogens is 508 g/mol. The molecule has 1 aromatic carbocycles. The third kappa shape index (κ3) is 9.07.